The largest absolute Gasteiger partial charge is 0.411 e. The lowest BCUT2D eigenvalue weighted by molar-refractivity contribution is -0.177. The van der Waals surface area contributed by atoms with E-state index >= 15 is 0 Å². The van der Waals surface area contributed by atoms with Gasteiger partial charge < -0.3 is 9.47 Å². The van der Waals surface area contributed by atoms with Crippen molar-refractivity contribution in [1.29, 1.82) is 0 Å². The van der Waals surface area contributed by atoms with Crippen LogP contribution >= 0.6 is 0 Å². The van der Waals surface area contributed by atoms with Gasteiger partial charge in [0.2, 0.25) is 0 Å². The minimum Gasteiger partial charge on any atom is -0.367 e. The molecule has 0 unspecified atom stereocenters. The summed E-state index contributed by atoms with van der Waals surface area (Å²) in [4.78, 5) is 8.13. The fraction of sp³-hybridized carbons (Fsp3) is 0.375. The number of hydrogen-bond donors (Lipinski definition) is 0. The standard InChI is InChI=1S/C16H14F6N2O2/c17-15(18,19)9-25-7-11-1-3-23-13(5-11)14-6-12(2-4-24-14)8-26-10-16(20,21)22/h1-6H,7-10H2. The zero-order valence-electron chi connectivity index (χ0n) is 13.3. The first-order chi connectivity index (χ1) is 12.1. The fourth-order valence-electron chi connectivity index (χ4n) is 1.98. The minimum absolute atomic E-state index is 0.261. The number of rotatable bonds is 7. The van der Waals surface area contributed by atoms with Gasteiger partial charge in [0.05, 0.1) is 24.6 Å². The molecule has 0 aliphatic heterocycles. The molecule has 2 heterocycles. The first-order valence-electron chi connectivity index (χ1n) is 7.32. The molecule has 0 N–H and O–H groups in total. The van der Waals surface area contributed by atoms with E-state index in [1.54, 1.807) is 0 Å². The highest BCUT2D eigenvalue weighted by atomic mass is 19.4. The van der Waals surface area contributed by atoms with E-state index in [2.05, 4.69) is 19.4 Å². The van der Waals surface area contributed by atoms with Gasteiger partial charge in [0.1, 0.15) is 13.2 Å². The van der Waals surface area contributed by atoms with Crippen LogP contribution in [-0.2, 0) is 22.7 Å². The van der Waals surface area contributed by atoms with Gasteiger partial charge in [-0.05, 0) is 35.4 Å². The van der Waals surface area contributed by atoms with Crippen LogP contribution in [0.4, 0.5) is 26.3 Å². The Morgan fingerprint density at radius 2 is 1.08 bits per heavy atom. The Morgan fingerprint density at radius 1 is 0.692 bits per heavy atom. The van der Waals surface area contributed by atoms with Crippen LogP contribution in [0.15, 0.2) is 36.7 Å². The van der Waals surface area contributed by atoms with E-state index < -0.39 is 25.6 Å². The molecular formula is C16H14F6N2O2. The molecule has 2 aromatic rings. The molecule has 2 rings (SSSR count). The Labute approximate surface area is 144 Å². The van der Waals surface area contributed by atoms with Crippen molar-refractivity contribution in [3.05, 3.63) is 47.8 Å². The molecular weight excluding hydrogens is 366 g/mol. The summed E-state index contributed by atoms with van der Waals surface area (Å²) in [6.07, 6.45) is -6.06. The minimum atomic E-state index is -4.41. The summed E-state index contributed by atoms with van der Waals surface area (Å²) >= 11 is 0. The zero-order chi connectivity index (χ0) is 19.2. The first kappa shape index (κ1) is 20.1. The van der Waals surface area contributed by atoms with Crippen molar-refractivity contribution in [3.63, 3.8) is 0 Å². The van der Waals surface area contributed by atoms with Gasteiger partial charge in [0, 0.05) is 12.4 Å². The van der Waals surface area contributed by atoms with Crippen LogP contribution in [-0.4, -0.2) is 35.5 Å². The Bertz CT molecular complexity index is 657. The lowest BCUT2D eigenvalue weighted by Crippen LogP contribution is -2.16. The van der Waals surface area contributed by atoms with Crippen molar-refractivity contribution in [2.45, 2.75) is 25.6 Å². The normalized spacial score (nSPS) is 12.4. The monoisotopic (exact) mass is 380 g/mol. The third kappa shape index (κ3) is 7.36. The van der Waals surface area contributed by atoms with E-state index in [0.29, 0.717) is 22.5 Å². The summed E-state index contributed by atoms with van der Waals surface area (Å²) in [7, 11) is 0. The van der Waals surface area contributed by atoms with Crippen LogP contribution in [0.1, 0.15) is 11.1 Å². The maximum absolute atomic E-state index is 12.1. The third-order valence-electron chi connectivity index (χ3n) is 2.98. The molecule has 0 saturated heterocycles. The fourth-order valence-corrected chi connectivity index (χ4v) is 1.98. The summed E-state index contributed by atoms with van der Waals surface area (Å²) in [5.74, 6) is 0. The van der Waals surface area contributed by atoms with Gasteiger partial charge in [-0.2, -0.15) is 26.3 Å². The molecule has 0 saturated carbocycles. The van der Waals surface area contributed by atoms with E-state index in [-0.39, 0.29) is 13.2 Å². The lowest BCUT2D eigenvalue weighted by Gasteiger charge is -2.10. The van der Waals surface area contributed by atoms with Crippen LogP contribution in [0.25, 0.3) is 11.4 Å². The van der Waals surface area contributed by atoms with Crippen molar-refractivity contribution in [3.8, 4) is 11.4 Å². The van der Waals surface area contributed by atoms with Crippen LogP contribution in [0, 0.1) is 0 Å². The number of halogens is 6. The molecule has 0 radical (unpaired) electrons. The predicted octanol–water partition coefficient (Wildman–Crippen LogP) is 4.30. The molecule has 0 bridgehead atoms. The summed E-state index contributed by atoms with van der Waals surface area (Å²) in [5.41, 5.74) is 1.63. The Kier molecular flexibility index (Phi) is 6.54. The van der Waals surface area contributed by atoms with Gasteiger partial charge in [-0.3, -0.25) is 9.97 Å². The molecule has 0 aromatic carbocycles. The number of nitrogens with zero attached hydrogens (tertiary/aromatic N) is 2. The van der Waals surface area contributed by atoms with Crippen molar-refractivity contribution in [2.75, 3.05) is 13.2 Å². The van der Waals surface area contributed by atoms with Crippen molar-refractivity contribution in [1.82, 2.24) is 9.97 Å². The summed E-state index contributed by atoms with van der Waals surface area (Å²) < 4.78 is 81.7. The van der Waals surface area contributed by atoms with Gasteiger partial charge in [0.15, 0.2) is 0 Å². The van der Waals surface area contributed by atoms with Crippen LogP contribution < -0.4 is 0 Å². The van der Waals surface area contributed by atoms with Crippen molar-refractivity contribution < 1.29 is 35.8 Å². The predicted molar refractivity (Wildman–Crippen MR) is 78.9 cm³/mol. The number of ether oxygens (including phenoxy) is 2. The zero-order valence-corrected chi connectivity index (χ0v) is 13.3. The van der Waals surface area contributed by atoms with Crippen molar-refractivity contribution in [2.24, 2.45) is 0 Å². The molecule has 0 spiro atoms. The Morgan fingerprint density at radius 3 is 1.42 bits per heavy atom. The lowest BCUT2D eigenvalue weighted by atomic mass is 10.1. The average Bonchev–Trinajstić information content (AvgIpc) is 2.53. The number of hydrogen-bond acceptors (Lipinski definition) is 4. The molecule has 26 heavy (non-hydrogen) atoms. The molecule has 0 atom stereocenters. The topological polar surface area (TPSA) is 44.2 Å². The number of pyridine rings is 2. The van der Waals surface area contributed by atoms with Crippen molar-refractivity contribution >= 4 is 0 Å². The van der Waals surface area contributed by atoms with Crippen LogP contribution in [0.2, 0.25) is 0 Å². The quantitative estimate of drug-likeness (QED) is 0.672. The molecule has 2 aromatic heterocycles. The van der Waals surface area contributed by atoms with Gasteiger partial charge >= 0.3 is 12.4 Å². The summed E-state index contributed by atoms with van der Waals surface area (Å²) in [6, 6.07) is 5.99. The smallest absolute Gasteiger partial charge is 0.367 e. The highest BCUT2D eigenvalue weighted by molar-refractivity contribution is 5.55. The maximum Gasteiger partial charge on any atom is 0.411 e. The molecule has 0 aliphatic rings. The molecule has 0 fully saturated rings. The Balaban J connectivity index is 2.02. The summed E-state index contributed by atoms with van der Waals surface area (Å²) in [5, 5.41) is 0. The van der Waals surface area contributed by atoms with E-state index in [4.69, 9.17) is 0 Å². The first-order valence-corrected chi connectivity index (χ1v) is 7.32. The highest BCUT2D eigenvalue weighted by Crippen LogP contribution is 2.20. The van der Waals surface area contributed by atoms with Crippen LogP contribution in [0.3, 0.4) is 0 Å². The van der Waals surface area contributed by atoms with E-state index in [9.17, 15) is 26.3 Å². The number of aromatic nitrogens is 2. The molecule has 142 valence electrons. The van der Waals surface area contributed by atoms with Gasteiger partial charge in [-0.25, -0.2) is 0 Å². The average molecular weight is 380 g/mol. The van der Waals surface area contributed by atoms with Gasteiger partial charge in [0.25, 0.3) is 0 Å². The second-order valence-corrected chi connectivity index (χ2v) is 5.31. The van der Waals surface area contributed by atoms with Gasteiger partial charge in [-0.1, -0.05) is 0 Å². The van der Waals surface area contributed by atoms with Crippen LogP contribution in [0.5, 0.6) is 0 Å². The molecule has 0 amide bonds. The third-order valence-corrected chi connectivity index (χ3v) is 2.98. The maximum atomic E-state index is 12.1. The highest BCUT2D eigenvalue weighted by Gasteiger charge is 2.28. The van der Waals surface area contributed by atoms with E-state index in [1.807, 2.05) is 0 Å². The van der Waals surface area contributed by atoms with E-state index in [0.717, 1.165) is 0 Å². The number of alkyl halides is 6. The Hall–Kier alpha value is -2.20. The molecule has 10 heteroatoms. The van der Waals surface area contributed by atoms with Gasteiger partial charge in [-0.15, -0.1) is 0 Å². The second kappa shape index (κ2) is 8.45. The second-order valence-electron chi connectivity index (χ2n) is 5.31. The summed E-state index contributed by atoms with van der Waals surface area (Å²) in [6.45, 7) is -3.25. The SMILES string of the molecule is FC(F)(F)COCc1ccnc(-c2cc(COCC(F)(F)F)ccn2)c1. The molecule has 4 nitrogen and oxygen atoms in total. The molecule has 0 aliphatic carbocycles. The van der Waals surface area contributed by atoms with E-state index in [1.165, 1.54) is 36.7 Å².